The first-order valence-corrected chi connectivity index (χ1v) is 9.79. The number of carbonyl (C=O) groups excluding carboxylic acids is 3. The minimum absolute atomic E-state index is 0.0258. The lowest BCUT2D eigenvalue weighted by molar-refractivity contribution is -0.129. The SMILES string of the molecule is COC(=O)c1c(NC(=O)COc2ccc(OC)cc2)sc2c1CCN(C(C)=O)C2. The molecule has 0 atom stereocenters. The molecule has 0 radical (unpaired) electrons. The van der Waals surface area contributed by atoms with Crippen LogP contribution in [0.5, 0.6) is 11.5 Å². The van der Waals surface area contributed by atoms with Crippen molar-refractivity contribution in [2.75, 3.05) is 32.7 Å². The summed E-state index contributed by atoms with van der Waals surface area (Å²) in [7, 11) is 2.87. The average molecular weight is 418 g/mol. The fourth-order valence-electron chi connectivity index (χ4n) is 3.06. The monoisotopic (exact) mass is 418 g/mol. The van der Waals surface area contributed by atoms with Crippen LogP contribution in [0.1, 0.15) is 27.7 Å². The number of esters is 1. The van der Waals surface area contributed by atoms with Crippen molar-refractivity contribution in [2.45, 2.75) is 19.9 Å². The lowest BCUT2D eigenvalue weighted by atomic mass is 10.0. The third-order valence-corrected chi connectivity index (χ3v) is 5.71. The fourth-order valence-corrected chi connectivity index (χ4v) is 4.33. The zero-order valence-corrected chi connectivity index (χ0v) is 17.3. The van der Waals surface area contributed by atoms with Gasteiger partial charge in [-0.25, -0.2) is 4.79 Å². The number of rotatable bonds is 6. The highest BCUT2D eigenvalue weighted by molar-refractivity contribution is 7.17. The van der Waals surface area contributed by atoms with Gasteiger partial charge in [-0.2, -0.15) is 0 Å². The lowest BCUT2D eigenvalue weighted by Crippen LogP contribution is -2.33. The van der Waals surface area contributed by atoms with Gasteiger partial charge in [-0.1, -0.05) is 0 Å². The van der Waals surface area contributed by atoms with Gasteiger partial charge in [0.2, 0.25) is 5.91 Å². The Morgan fingerprint density at radius 3 is 2.45 bits per heavy atom. The van der Waals surface area contributed by atoms with Crippen molar-refractivity contribution in [3.8, 4) is 11.5 Å². The van der Waals surface area contributed by atoms with Crippen LogP contribution in [-0.2, 0) is 27.3 Å². The molecule has 0 spiro atoms. The first-order chi connectivity index (χ1) is 13.9. The molecule has 1 aliphatic heterocycles. The molecule has 0 fully saturated rings. The molecule has 9 heteroatoms. The number of ether oxygens (including phenoxy) is 3. The van der Waals surface area contributed by atoms with Gasteiger partial charge in [0.05, 0.1) is 26.3 Å². The number of hydrogen-bond donors (Lipinski definition) is 1. The highest BCUT2D eigenvalue weighted by atomic mass is 32.1. The predicted octanol–water partition coefficient (Wildman–Crippen LogP) is 2.47. The van der Waals surface area contributed by atoms with Crippen LogP contribution in [0, 0.1) is 0 Å². The molecule has 3 rings (SSSR count). The van der Waals surface area contributed by atoms with Crippen LogP contribution in [0.3, 0.4) is 0 Å². The van der Waals surface area contributed by atoms with Gasteiger partial charge in [0.1, 0.15) is 16.5 Å². The van der Waals surface area contributed by atoms with Crippen LogP contribution < -0.4 is 14.8 Å². The number of thiophene rings is 1. The van der Waals surface area contributed by atoms with E-state index in [1.54, 1.807) is 36.3 Å². The number of nitrogens with zero attached hydrogens (tertiary/aromatic N) is 1. The van der Waals surface area contributed by atoms with Crippen molar-refractivity contribution in [3.05, 3.63) is 40.3 Å². The van der Waals surface area contributed by atoms with Crippen molar-refractivity contribution in [1.82, 2.24) is 4.90 Å². The molecule has 0 saturated carbocycles. The van der Waals surface area contributed by atoms with E-state index in [0.717, 1.165) is 10.4 Å². The summed E-state index contributed by atoms with van der Waals surface area (Å²) in [4.78, 5) is 39.0. The van der Waals surface area contributed by atoms with E-state index in [4.69, 9.17) is 14.2 Å². The molecular weight excluding hydrogens is 396 g/mol. The molecule has 29 heavy (non-hydrogen) atoms. The van der Waals surface area contributed by atoms with Gasteiger partial charge >= 0.3 is 5.97 Å². The number of hydrogen-bond acceptors (Lipinski definition) is 7. The maximum Gasteiger partial charge on any atom is 0.341 e. The molecule has 0 aliphatic carbocycles. The summed E-state index contributed by atoms with van der Waals surface area (Å²) < 4.78 is 15.5. The van der Waals surface area contributed by atoms with E-state index in [0.29, 0.717) is 41.6 Å². The minimum Gasteiger partial charge on any atom is -0.497 e. The summed E-state index contributed by atoms with van der Waals surface area (Å²) in [6.45, 7) is 2.24. The molecule has 0 unspecified atom stereocenters. The van der Waals surface area contributed by atoms with Crippen LogP contribution >= 0.6 is 11.3 Å². The van der Waals surface area contributed by atoms with Crippen molar-refractivity contribution >= 4 is 34.1 Å². The van der Waals surface area contributed by atoms with Gasteiger partial charge in [0.25, 0.3) is 5.91 Å². The summed E-state index contributed by atoms with van der Waals surface area (Å²) in [6.07, 6.45) is 0.536. The van der Waals surface area contributed by atoms with Crippen molar-refractivity contribution < 1.29 is 28.6 Å². The van der Waals surface area contributed by atoms with E-state index < -0.39 is 11.9 Å². The zero-order chi connectivity index (χ0) is 21.0. The summed E-state index contributed by atoms with van der Waals surface area (Å²) in [5.74, 6) is 0.283. The van der Waals surface area contributed by atoms with E-state index in [2.05, 4.69) is 5.32 Å². The average Bonchev–Trinajstić information content (AvgIpc) is 3.08. The van der Waals surface area contributed by atoms with Crippen molar-refractivity contribution in [3.63, 3.8) is 0 Å². The molecule has 8 nitrogen and oxygen atoms in total. The normalized spacial score (nSPS) is 12.7. The second-order valence-electron chi connectivity index (χ2n) is 6.40. The predicted molar refractivity (Wildman–Crippen MR) is 108 cm³/mol. The molecule has 2 amide bonds. The molecule has 1 N–H and O–H groups in total. The topological polar surface area (TPSA) is 94.2 Å². The van der Waals surface area contributed by atoms with Crippen LogP contribution in [0.25, 0.3) is 0 Å². The van der Waals surface area contributed by atoms with Gasteiger partial charge in [-0.15, -0.1) is 11.3 Å². The van der Waals surface area contributed by atoms with E-state index in [-0.39, 0.29) is 12.5 Å². The van der Waals surface area contributed by atoms with Crippen molar-refractivity contribution in [2.24, 2.45) is 0 Å². The largest absolute Gasteiger partial charge is 0.497 e. The van der Waals surface area contributed by atoms with Crippen LogP contribution in [-0.4, -0.2) is 50.1 Å². The van der Waals surface area contributed by atoms with Gasteiger partial charge < -0.3 is 24.4 Å². The molecule has 1 aromatic heterocycles. The van der Waals surface area contributed by atoms with Crippen LogP contribution in [0.2, 0.25) is 0 Å². The Morgan fingerprint density at radius 2 is 1.83 bits per heavy atom. The number of amides is 2. The zero-order valence-electron chi connectivity index (χ0n) is 16.4. The van der Waals surface area contributed by atoms with Gasteiger partial charge in [0, 0.05) is 18.3 Å². The molecule has 1 aromatic carbocycles. The molecule has 1 aliphatic rings. The van der Waals surface area contributed by atoms with Crippen LogP contribution in [0.4, 0.5) is 5.00 Å². The molecular formula is C20H22N2O6S. The minimum atomic E-state index is -0.509. The third kappa shape index (κ3) is 4.68. The summed E-state index contributed by atoms with van der Waals surface area (Å²) >= 11 is 1.28. The van der Waals surface area contributed by atoms with Gasteiger partial charge in [-0.3, -0.25) is 9.59 Å². The number of benzene rings is 1. The molecule has 0 saturated heterocycles. The highest BCUT2D eigenvalue weighted by Crippen LogP contribution is 2.37. The Morgan fingerprint density at radius 1 is 1.14 bits per heavy atom. The first-order valence-electron chi connectivity index (χ1n) is 8.98. The van der Waals surface area contributed by atoms with E-state index >= 15 is 0 Å². The smallest absolute Gasteiger partial charge is 0.341 e. The number of fused-ring (bicyclic) bond motifs is 1. The Kier molecular flexibility index (Phi) is 6.38. The number of anilines is 1. The second kappa shape index (κ2) is 8.95. The Hall–Kier alpha value is -3.07. The van der Waals surface area contributed by atoms with Crippen LogP contribution in [0.15, 0.2) is 24.3 Å². The van der Waals surface area contributed by atoms with E-state index in [1.807, 2.05) is 0 Å². The highest BCUT2D eigenvalue weighted by Gasteiger charge is 2.30. The lowest BCUT2D eigenvalue weighted by Gasteiger charge is -2.25. The molecule has 2 aromatic rings. The number of methoxy groups -OCH3 is 2. The van der Waals surface area contributed by atoms with Crippen molar-refractivity contribution in [1.29, 1.82) is 0 Å². The third-order valence-electron chi connectivity index (χ3n) is 4.57. The number of nitrogens with one attached hydrogen (secondary N) is 1. The summed E-state index contributed by atoms with van der Waals surface area (Å²) in [5.41, 5.74) is 1.18. The second-order valence-corrected chi connectivity index (χ2v) is 7.51. The summed E-state index contributed by atoms with van der Waals surface area (Å²) in [6, 6.07) is 6.87. The molecule has 0 bridgehead atoms. The summed E-state index contributed by atoms with van der Waals surface area (Å²) in [5, 5.41) is 3.16. The Balaban J connectivity index is 1.72. The quantitative estimate of drug-likeness (QED) is 0.725. The fraction of sp³-hybridized carbons (Fsp3) is 0.350. The standard InChI is InChI=1S/C20H22N2O6S/c1-12(23)22-9-8-15-16(10-22)29-19(18(15)20(25)27-3)21-17(24)11-28-14-6-4-13(26-2)5-7-14/h4-7H,8-11H2,1-3H3,(H,21,24). The van der Waals surface area contributed by atoms with E-state index in [1.165, 1.54) is 25.4 Å². The number of carbonyl (C=O) groups is 3. The first kappa shape index (κ1) is 20.7. The van der Waals surface area contributed by atoms with E-state index in [9.17, 15) is 14.4 Å². The molecule has 2 heterocycles. The Bertz CT molecular complexity index is 922. The maximum atomic E-state index is 12.4. The van der Waals surface area contributed by atoms with Gasteiger partial charge in [-0.05, 0) is 36.2 Å². The maximum absolute atomic E-state index is 12.4. The Labute approximate surface area is 172 Å². The molecule has 154 valence electrons. The van der Waals surface area contributed by atoms with Gasteiger partial charge in [0.15, 0.2) is 6.61 Å².